The summed E-state index contributed by atoms with van der Waals surface area (Å²) < 4.78 is 0. The van der Waals surface area contributed by atoms with E-state index in [1.54, 1.807) is 0 Å². The molecule has 1 saturated carbocycles. The summed E-state index contributed by atoms with van der Waals surface area (Å²) in [5, 5.41) is 3.85. The van der Waals surface area contributed by atoms with Crippen LogP contribution in [0.25, 0.3) is 0 Å². The Morgan fingerprint density at radius 3 is 2.29 bits per heavy atom. The molecule has 0 bridgehead atoms. The summed E-state index contributed by atoms with van der Waals surface area (Å²) in [6.07, 6.45) is 10.8. The van der Waals surface area contributed by atoms with Gasteiger partial charge in [0.15, 0.2) is 0 Å². The number of nitrogens with zero attached hydrogens (tertiary/aromatic N) is 1. The van der Waals surface area contributed by atoms with Crippen LogP contribution in [0.5, 0.6) is 0 Å². The number of rotatable bonds is 7. The van der Waals surface area contributed by atoms with Gasteiger partial charge in [-0.2, -0.15) is 0 Å². The fraction of sp³-hybridized carbons (Fsp3) is 0.737. The van der Waals surface area contributed by atoms with Crippen molar-refractivity contribution in [2.24, 2.45) is 11.3 Å². The van der Waals surface area contributed by atoms with Gasteiger partial charge < -0.3 is 5.32 Å². The normalized spacial score (nSPS) is 20.6. The Morgan fingerprint density at radius 2 is 1.76 bits per heavy atom. The van der Waals surface area contributed by atoms with E-state index < -0.39 is 0 Å². The number of nitrogens with one attached hydrogen (secondary N) is 1. The van der Waals surface area contributed by atoms with Crippen molar-refractivity contribution in [1.29, 1.82) is 0 Å². The van der Waals surface area contributed by atoms with Crippen LogP contribution in [-0.4, -0.2) is 17.6 Å². The van der Waals surface area contributed by atoms with Crippen LogP contribution in [0.2, 0.25) is 0 Å². The van der Waals surface area contributed by atoms with Gasteiger partial charge in [-0.15, -0.1) is 0 Å². The summed E-state index contributed by atoms with van der Waals surface area (Å²) in [5.41, 5.74) is 1.90. The average Bonchev–Trinajstić information content (AvgIpc) is 2.93. The molecule has 0 amide bonds. The van der Waals surface area contributed by atoms with E-state index in [0.29, 0.717) is 17.4 Å². The number of likely N-dealkylation sites (N-methyl/N-ethyl adjacent to an activating group) is 1. The Bertz CT molecular complexity index is 407. The van der Waals surface area contributed by atoms with Crippen molar-refractivity contribution in [3.8, 4) is 0 Å². The first-order chi connectivity index (χ1) is 10.1. The van der Waals surface area contributed by atoms with Crippen LogP contribution < -0.4 is 5.32 Å². The molecule has 2 rings (SSSR count). The van der Waals surface area contributed by atoms with Gasteiger partial charge in [-0.3, -0.25) is 4.98 Å². The number of aromatic nitrogens is 1. The smallest absolute Gasteiger partial charge is 0.0270 e. The van der Waals surface area contributed by atoms with Crippen LogP contribution in [0.1, 0.15) is 71.3 Å². The zero-order valence-electron chi connectivity index (χ0n) is 14.2. The minimum atomic E-state index is 0.479. The first-order valence-electron chi connectivity index (χ1n) is 8.72. The fourth-order valence-electron chi connectivity index (χ4n) is 4.54. The van der Waals surface area contributed by atoms with E-state index in [2.05, 4.69) is 50.1 Å². The summed E-state index contributed by atoms with van der Waals surface area (Å²) >= 11 is 0. The van der Waals surface area contributed by atoms with E-state index >= 15 is 0 Å². The molecule has 2 atom stereocenters. The first-order valence-corrected chi connectivity index (χ1v) is 8.72. The molecule has 0 saturated heterocycles. The van der Waals surface area contributed by atoms with Crippen molar-refractivity contribution in [2.45, 2.75) is 71.8 Å². The second-order valence-corrected chi connectivity index (χ2v) is 7.27. The van der Waals surface area contributed by atoms with Crippen LogP contribution in [0.4, 0.5) is 0 Å². The minimum absolute atomic E-state index is 0.479. The zero-order chi connectivity index (χ0) is 15.3. The molecule has 0 spiro atoms. The van der Waals surface area contributed by atoms with Gasteiger partial charge in [-0.1, -0.05) is 40.5 Å². The Balaban J connectivity index is 2.27. The topological polar surface area (TPSA) is 24.9 Å². The first kappa shape index (κ1) is 16.5. The van der Waals surface area contributed by atoms with Crippen molar-refractivity contribution >= 4 is 0 Å². The Hall–Kier alpha value is -0.890. The molecule has 1 N–H and O–H groups in total. The monoisotopic (exact) mass is 288 g/mol. The van der Waals surface area contributed by atoms with Crippen LogP contribution in [0, 0.1) is 11.3 Å². The summed E-state index contributed by atoms with van der Waals surface area (Å²) in [5.74, 6) is 1.32. The van der Waals surface area contributed by atoms with E-state index in [-0.39, 0.29) is 0 Å². The largest absolute Gasteiger partial charge is 0.313 e. The molecule has 118 valence electrons. The molecule has 0 aliphatic heterocycles. The molecular weight excluding hydrogens is 256 g/mol. The Morgan fingerprint density at radius 1 is 1.14 bits per heavy atom. The highest BCUT2D eigenvalue weighted by atomic mass is 14.9. The third-order valence-electron chi connectivity index (χ3n) is 5.23. The van der Waals surface area contributed by atoms with E-state index in [9.17, 15) is 0 Å². The van der Waals surface area contributed by atoms with Gasteiger partial charge in [-0.05, 0) is 60.8 Å². The predicted octanol–water partition coefficient (Wildman–Crippen LogP) is 4.77. The highest BCUT2D eigenvalue weighted by molar-refractivity contribution is 5.19. The van der Waals surface area contributed by atoms with Gasteiger partial charge in [0.1, 0.15) is 0 Å². The number of hydrogen-bond donors (Lipinski definition) is 1. The van der Waals surface area contributed by atoms with E-state index in [4.69, 9.17) is 0 Å². The van der Waals surface area contributed by atoms with E-state index in [1.807, 2.05) is 12.4 Å². The second kappa shape index (κ2) is 7.40. The molecule has 1 aromatic rings. The lowest BCUT2D eigenvalue weighted by molar-refractivity contribution is 0.139. The van der Waals surface area contributed by atoms with Gasteiger partial charge >= 0.3 is 0 Å². The fourth-order valence-corrected chi connectivity index (χ4v) is 4.54. The van der Waals surface area contributed by atoms with Crippen LogP contribution in [0.3, 0.4) is 0 Å². The van der Waals surface area contributed by atoms with E-state index in [1.165, 1.54) is 37.7 Å². The summed E-state index contributed by atoms with van der Waals surface area (Å²) in [6.45, 7) is 10.4. The lowest BCUT2D eigenvalue weighted by atomic mass is 9.67. The lowest BCUT2D eigenvalue weighted by Crippen LogP contribution is -2.48. The molecule has 2 unspecified atom stereocenters. The van der Waals surface area contributed by atoms with Gasteiger partial charge in [0.05, 0.1) is 0 Å². The standard InChI is InChI=1S/C19H32N2/c1-5-21-18(16(4)17-8-12-20-13-9-17)19(14-15(2)3)10-6-7-11-19/h8-9,12-13,15-16,18,21H,5-7,10-11,14H2,1-4H3. The molecule has 1 heterocycles. The predicted molar refractivity (Wildman–Crippen MR) is 90.5 cm³/mol. The van der Waals surface area contributed by atoms with E-state index in [0.717, 1.165) is 12.5 Å². The Labute approximate surface area is 130 Å². The van der Waals surface area contributed by atoms with Crippen LogP contribution in [0.15, 0.2) is 24.5 Å². The third kappa shape index (κ3) is 3.85. The molecular formula is C19H32N2. The summed E-state index contributed by atoms with van der Waals surface area (Å²) in [7, 11) is 0. The SMILES string of the molecule is CCNC(C(C)c1ccncc1)C1(CC(C)C)CCCC1. The van der Waals surface area contributed by atoms with Crippen molar-refractivity contribution in [3.63, 3.8) is 0 Å². The van der Waals surface area contributed by atoms with Gasteiger partial charge in [0, 0.05) is 18.4 Å². The summed E-state index contributed by atoms with van der Waals surface area (Å²) in [4.78, 5) is 4.18. The highest BCUT2D eigenvalue weighted by Crippen LogP contribution is 2.49. The van der Waals surface area contributed by atoms with Crippen molar-refractivity contribution in [2.75, 3.05) is 6.54 Å². The number of pyridine rings is 1. The molecule has 1 aromatic heterocycles. The molecule has 0 aromatic carbocycles. The summed E-state index contributed by atoms with van der Waals surface area (Å²) in [6, 6.07) is 4.95. The maximum absolute atomic E-state index is 4.18. The van der Waals surface area contributed by atoms with Crippen LogP contribution >= 0.6 is 0 Å². The Kier molecular flexibility index (Phi) is 5.80. The number of hydrogen-bond acceptors (Lipinski definition) is 2. The quantitative estimate of drug-likeness (QED) is 0.781. The van der Waals surface area contributed by atoms with Crippen molar-refractivity contribution in [3.05, 3.63) is 30.1 Å². The molecule has 1 aliphatic rings. The minimum Gasteiger partial charge on any atom is -0.313 e. The van der Waals surface area contributed by atoms with Gasteiger partial charge in [0.2, 0.25) is 0 Å². The maximum Gasteiger partial charge on any atom is 0.0270 e. The molecule has 2 heteroatoms. The zero-order valence-corrected chi connectivity index (χ0v) is 14.2. The maximum atomic E-state index is 4.18. The van der Waals surface area contributed by atoms with Crippen LogP contribution in [-0.2, 0) is 0 Å². The third-order valence-corrected chi connectivity index (χ3v) is 5.23. The lowest BCUT2D eigenvalue weighted by Gasteiger charge is -2.43. The van der Waals surface area contributed by atoms with Gasteiger partial charge in [0.25, 0.3) is 0 Å². The molecule has 1 aliphatic carbocycles. The van der Waals surface area contributed by atoms with Gasteiger partial charge in [-0.25, -0.2) is 0 Å². The average molecular weight is 288 g/mol. The molecule has 21 heavy (non-hydrogen) atoms. The van der Waals surface area contributed by atoms with Crippen molar-refractivity contribution in [1.82, 2.24) is 10.3 Å². The molecule has 0 radical (unpaired) electrons. The van der Waals surface area contributed by atoms with Crippen molar-refractivity contribution < 1.29 is 0 Å². The molecule has 1 fully saturated rings. The highest BCUT2D eigenvalue weighted by Gasteiger charge is 2.43. The second-order valence-electron chi connectivity index (χ2n) is 7.27. The molecule has 2 nitrogen and oxygen atoms in total.